The Bertz CT molecular complexity index is 865. The third-order valence-electron chi connectivity index (χ3n) is 4.33. The lowest BCUT2D eigenvalue weighted by Crippen LogP contribution is -2.26. The van der Waals surface area contributed by atoms with Crippen molar-refractivity contribution >= 4 is 17.6 Å². The summed E-state index contributed by atoms with van der Waals surface area (Å²) in [6.07, 6.45) is 7.36. The molecule has 6 nitrogen and oxygen atoms in total. The van der Waals surface area contributed by atoms with Crippen molar-refractivity contribution in [3.63, 3.8) is 0 Å². The van der Waals surface area contributed by atoms with Gasteiger partial charge < -0.3 is 10.2 Å². The zero-order valence-electron chi connectivity index (χ0n) is 14.2. The second kappa shape index (κ2) is 6.84. The molecule has 3 heterocycles. The molecule has 1 aromatic carbocycles. The van der Waals surface area contributed by atoms with Crippen LogP contribution in [-0.4, -0.2) is 26.5 Å². The van der Waals surface area contributed by atoms with Gasteiger partial charge in [0, 0.05) is 31.2 Å². The molecule has 0 atom stereocenters. The number of aryl methyl sites for hydroxylation is 2. The van der Waals surface area contributed by atoms with Gasteiger partial charge in [-0.05, 0) is 43.0 Å². The Labute approximate surface area is 147 Å². The van der Waals surface area contributed by atoms with Crippen molar-refractivity contribution in [2.45, 2.75) is 26.3 Å². The van der Waals surface area contributed by atoms with Gasteiger partial charge in [0.1, 0.15) is 6.33 Å². The molecule has 1 N–H and O–H groups in total. The smallest absolute Gasteiger partial charge is 0.234 e. The number of benzene rings is 1. The van der Waals surface area contributed by atoms with E-state index in [2.05, 4.69) is 55.3 Å². The molecule has 4 rings (SSSR count). The summed E-state index contributed by atoms with van der Waals surface area (Å²) < 4.78 is 0. The van der Waals surface area contributed by atoms with Crippen LogP contribution >= 0.6 is 0 Å². The van der Waals surface area contributed by atoms with E-state index < -0.39 is 0 Å². The van der Waals surface area contributed by atoms with E-state index in [4.69, 9.17) is 0 Å². The quantitative estimate of drug-likeness (QED) is 0.791. The molecule has 0 spiro atoms. The van der Waals surface area contributed by atoms with E-state index in [1.807, 2.05) is 18.3 Å². The summed E-state index contributed by atoms with van der Waals surface area (Å²) in [6, 6.07) is 10.5. The van der Waals surface area contributed by atoms with E-state index in [0.29, 0.717) is 18.4 Å². The molecule has 0 saturated carbocycles. The summed E-state index contributed by atoms with van der Waals surface area (Å²) in [4.78, 5) is 19.5. The lowest BCUT2D eigenvalue weighted by Gasteiger charge is -2.29. The van der Waals surface area contributed by atoms with Gasteiger partial charge in [-0.25, -0.2) is 9.97 Å². The number of nitrogens with one attached hydrogen (secondary N) is 1. The highest BCUT2D eigenvalue weighted by molar-refractivity contribution is 5.64. The summed E-state index contributed by atoms with van der Waals surface area (Å²) in [7, 11) is 0. The Kier molecular flexibility index (Phi) is 4.24. The number of rotatable bonds is 4. The standard InChI is InChI=1S/C19H20N6/c1-14-6-7-17-16(10-14)5-3-9-25(17)19-23-13-22-18(24-19)21-12-15-4-2-8-20-11-15/h2,4,6-8,10-11,13H,3,5,9,12H2,1H3,(H,21,22,23,24). The molecule has 0 bridgehead atoms. The third kappa shape index (κ3) is 3.42. The highest BCUT2D eigenvalue weighted by Gasteiger charge is 2.20. The highest BCUT2D eigenvalue weighted by atomic mass is 15.3. The zero-order valence-corrected chi connectivity index (χ0v) is 14.2. The van der Waals surface area contributed by atoms with Crippen LogP contribution in [0.1, 0.15) is 23.1 Å². The van der Waals surface area contributed by atoms with Crippen LogP contribution in [0.4, 0.5) is 17.6 Å². The van der Waals surface area contributed by atoms with E-state index in [9.17, 15) is 0 Å². The van der Waals surface area contributed by atoms with Crippen LogP contribution in [-0.2, 0) is 13.0 Å². The Hall–Kier alpha value is -3.02. The monoisotopic (exact) mass is 332 g/mol. The predicted molar refractivity (Wildman–Crippen MR) is 97.9 cm³/mol. The van der Waals surface area contributed by atoms with Gasteiger partial charge in [0.05, 0.1) is 0 Å². The number of fused-ring (bicyclic) bond motifs is 1. The number of hydrogen-bond donors (Lipinski definition) is 1. The molecule has 2 aromatic heterocycles. The van der Waals surface area contributed by atoms with E-state index in [1.54, 1.807) is 12.5 Å². The van der Waals surface area contributed by atoms with Gasteiger partial charge in [-0.2, -0.15) is 4.98 Å². The molecule has 0 fully saturated rings. The third-order valence-corrected chi connectivity index (χ3v) is 4.33. The van der Waals surface area contributed by atoms with Gasteiger partial charge in [-0.1, -0.05) is 23.8 Å². The van der Waals surface area contributed by atoms with Crippen LogP contribution in [0, 0.1) is 6.92 Å². The van der Waals surface area contributed by atoms with E-state index >= 15 is 0 Å². The number of anilines is 3. The second-order valence-corrected chi connectivity index (χ2v) is 6.21. The normalized spacial score (nSPS) is 13.4. The first-order chi connectivity index (χ1) is 12.3. The highest BCUT2D eigenvalue weighted by Crippen LogP contribution is 2.32. The molecule has 25 heavy (non-hydrogen) atoms. The summed E-state index contributed by atoms with van der Waals surface area (Å²) in [5.41, 5.74) is 4.93. The topological polar surface area (TPSA) is 66.8 Å². The van der Waals surface area contributed by atoms with Crippen LogP contribution in [0.3, 0.4) is 0 Å². The van der Waals surface area contributed by atoms with Crippen molar-refractivity contribution in [1.29, 1.82) is 0 Å². The van der Waals surface area contributed by atoms with E-state index in [-0.39, 0.29) is 0 Å². The zero-order chi connectivity index (χ0) is 17.1. The average Bonchev–Trinajstić information content (AvgIpc) is 2.67. The Morgan fingerprint density at radius 2 is 2.16 bits per heavy atom. The first kappa shape index (κ1) is 15.5. The first-order valence-electron chi connectivity index (χ1n) is 8.48. The molecule has 0 amide bonds. The summed E-state index contributed by atoms with van der Waals surface area (Å²) >= 11 is 0. The van der Waals surface area contributed by atoms with Gasteiger partial charge in [-0.3, -0.25) is 4.98 Å². The number of pyridine rings is 1. The van der Waals surface area contributed by atoms with Crippen molar-refractivity contribution < 1.29 is 0 Å². The maximum absolute atomic E-state index is 4.60. The summed E-state index contributed by atoms with van der Waals surface area (Å²) in [5, 5.41) is 3.24. The van der Waals surface area contributed by atoms with Crippen molar-refractivity contribution in [3.8, 4) is 0 Å². The molecule has 1 aliphatic rings. The maximum Gasteiger partial charge on any atom is 0.234 e. The fourth-order valence-electron chi connectivity index (χ4n) is 3.12. The Balaban J connectivity index is 1.56. The SMILES string of the molecule is Cc1ccc2c(c1)CCCN2c1ncnc(NCc2cccnc2)n1. The first-order valence-corrected chi connectivity index (χ1v) is 8.48. The number of hydrogen-bond acceptors (Lipinski definition) is 6. The number of aromatic nitrogens is 4. The number of nitrogens with zero attached hydrogens (tertiary/aromatic N) is 5. The molecule has 0 unspecified atom stereocenters. The maximum atomic E-state index is 4.60. The minimum absolute atomic E-state index is 0.577. The van der Waals surface area contributed by atoms with Crippen LogP contribution < -0.4 is 10.2 Å². The van der Waals surface area contributed by atoms with Gasteiger partial charge in [0.25, 0.3) is 0 Å². The van der Waals surface area contributed by atoms with Gasteiger partial charge in [0.15, 0.2) is 0 Å². The lowest BCUT2D eigenvalue weighted by atomic mass is 10.00. The van der Waals surface area contributed by atoms with Crippen LogP contribution in [0.15, 0.2) is 49.1 Å². The lowest BCUT2D eigenvalue weighted by molar-refractivity contribution is 0.746. The van der Waals surface area contributed by atoms with Crippen molar-refractivity contribution in [3.05, 3.63) is 65.7 Å². The van der Waals surface area contributed by atoms with Crippen molar-refractivity contribution in [2.24, 2.45) is 0 Å². The molecule has 6 heteroatoms. The fraction of sp³-hybridized carbons (Fsp3) is 0.263. The second-order valence-electron chi connectivity index (χ2n) is 6.21. The molecule has 0 radical (unpaired) electrons. The average molecular weight is 332 g/mol. The van der Waals surface area contributed by atoms with Gasteiger partial charge in [0.2, 0.25) is 11.9 Å². The largest absolute Gasteiger partial charge is 0.350 e. The minimum atomic E-state index is 0.577. The molecule has 3 aromatic rings. The van der Waals surface area contributed by atoms with Crippen molar-refractivity contribution in [1.82, 2.24) is 19.9 Å². The predicted octanol–water partition coefficient (Wildman–Crippen LogP) is 3.27. The van der Waals surface area contributed by atoms with Gasteiger partial charge in [-0.15, -0.1) is 0 Å². The molecular weight excluding hydrogens is 312 g/mol. The summed E-state index contributed by atoms with van der Waals surface area (Å²) in [6.45, 7) is 3.68. The van der Waals surface area contributed by atoms with E-state index in [0.717, 1.165) is 24.9 Å². The van der Waals surface area contributed by atoms with Crippen molar-refractivity contribution in [2.75, 3.05) is 16.8 Å². The summed E-state index contributed by atoms with van der Waals surface area (Å²) in [5.74, 6) is 1.27. The molecule has 1 aliphatic heterocycles. The minimum Gasteiger partial charge on any atom is -0.350 e. The Morgan fingerprint density at radius 3 is 3.04 bits per heavy atom. The molecular formula is C19H20N6. The molecule has 0 saturated heterocycles. The molecule has 126 valence electrons. The van der Waals surface area contributed by atoms with Crippen LogP contribution in [0.5, 0.6) is 0 Å². The van der Waals surface area contributed by atoms with Crippen LogP contribution in [0.2, 0.25) is 0 Å². The van der Waals surface area contributed by atoms with E-state index in [1.165, 1.54) is 16.8 Å². The fourth-order valence-corrected chi connectivity index (χ4v) is 3.12. The Morgan fingerprint density at radius 1 is 1.20 bits per heavy atom. The van der Waals surface area contributed by atoms with Crippen LogP contribution in [0.25, 0.3) is 0 Å². The van der Waals surface area contributed by atoms with Gasteiger partial charge >= 0.3 is 0 Å². The molecule has 0 aliphatic carbocycles.